The highest BCUT2D eigenvalue weighted by Gasteiger charge is 2.75. The molecule has 27 heavy (non-hydrogen) atoms. The number of benzene rings is 2. The number of rotatable bonds is 3. The molecule has 0 unspecified atom stereocenters. The van der Waals surface area contributed by atoms with E-state index in [1.54, 1.807) is 6.07 Å². The summed E-state index contributed by atoms with van der Waals surface area (Å²) in [6.45, 7) is 0. The third-order valence-electron chi connectivity index (χ3n) is 4.16. The molecule has 9 heteroatoms. The van der Waals surface area contributed by atoms with Crippen molar-refractivity contribution in [2.24, 2.45) is 5.10 Å². The average molecular weight is 384 g/mol. The molecule has 1 heterocycles. The second-order valence-corrected chi connectivity index (χ2v) is 5.96. The Bertz CT molecular complexity index is 868. The normalized spacial score (nSPS) is 20.5. The predicted molar refractivity (Wildman–Crippen MR) is 86.2 cm³/mol. The topological polar surface area (TPSA) is 52.9 Å². The Morgan fingerprint density at radius 2 is 1.48 bits per heavy atom. The lowest BCUT2D eigenvalue weighted by atomic mass is 9.95. The highest BCUT2D eigenvalue weighted by Crippen LogP contribution is 2.49. The maximum Gasteiger partial charge on any atom is 0.458 e. The van der Waals surface area contributed by atoms with Crippen molar-refractivity contribution in [3.63, 3.8) is 0 Å². The lowest BCUT2D eigenvalue weighted by Crippen LogP contribution is -2.64. The summed E-state index contributed by atoms with van der Waals surface area (Å²) in [7, 11) is 0. The van der Waals surface area contributed by atoms with Crippen LogP contribution in [0.25, 0.3) is 0 Å². The van der Waals surface area contributed by atoms with Crippen LogP contribution in [0.5, 0.6) is 0 Å². The van der Waals surface area contributed by atoms with Crippen molar-refractivity contribution in [3.8, 4) is 0 Å². The molecule has 0 aromatic heterocycles. The first kappa shape index (κ1) is 19.0. The minimum atomic E-state index is -6.08. The molecule has 1 aliphatic rings. The Kier molecular flexibility index (Phi) is 4.51. The van der Waals surface area contributed by atoms with E-state index in [0.717, 1.165) is 0 Å². The Morgan fingerprint density at radius 3 is 2.00 bits per heavy atom. The minimum Gasteiger partial charge on any atom is -0.364 e. The lowest BCUT2D eigenvalue weighted by molar-refractivity contribution is -0.362. The molecule has 1 N–H and O–H groups in total. The number of amides is 1. The van der Waals surface area contributed by atoms with E-state index in [0.29, 0.717) is 0 Å². The molecule has 0 fully saturated rings. The van der Waals surface area contributed by atoms with Gasteiger partial charge in [0.05, 0.1) is 5.71 Å². The van der Waals surface area contributed by atoms with Gasteiger partial charge in [-0.1, -0.05) is 48.5 Å². The van der Waals surface area contributed by atoms with Crippen molar-refractivity contribution in [1.29, 1.82) is 0 Å². The largest absolute Gasteiger partial charge is 0.458 e. The number of carbonyl (C=O) groups is 1. The number of nitrogens with zero attached hydrogens (tertiary/aromatic N) is 2. The van der Waals surface area contributed by atoms with Crippen LogP contribution in [-0.2, 0) is 0 Å². The van der Waals surface area contributed by atoms with Crippen LogP contribution in [0.1, 0.15) is 22.3 Å². The standard InChI is InChI=1S/C18H13F5N2O2/c19-17(20,18(21,22)23)16(27)11-14(12-7-3-1-4-8-12)24-25(16)15(26)13-9-5-2-6-10-13/h1-10,27H,11H2/t16-/m0/s1. The molecule has 4 nitrogen and oxygen atoms in total. The number of hydrazone groups is 1. The van der Waals surface area contributed by atoms with Crippen LogP contribution in [0.2, 0.25) is 0 Å². The maximum atomic E-state index is 14.2. The van der Waals surface area contributed by atoms with Gasteiger partial charge in [0.2, 0.25) is 5.72 Å². The van der Waals surface area contributed by atoms with E-state index in [-0.39, 0.29) is 21.8 Å². The van der Waals surface area contributed by atoms with Crippen LogP contribution in [0.4, 0.5) is 22.0 Å². The minimum absolute atomic E-state index is 0.168. The van der Waals surface area contributed by atoms with Crippen LogP contribution in [0, 0.1) is 0 Å². The van der Waals surface area contributed by atoms with Crippen LogP contribution in [-0.4, -0.2) is 39.6 Å². The highest BCUT2D eigenvalue weighted by molar-refractivity contribution is 6.05. The fraction of sp³-hybridized carbons (Fsp3) is 0.222. The van der Waals surface area contributed by atoms with Crippen LogP contribution in [0.3, 0.4) is 0 Å². The molecule has 0 saturated carbocycles. The summed E-state index contributed by atoms with van der Waals surface area (Å²) in [6.07, 6.45) is -7.26. The third-order valence-corrected chi connectivity index (χ3v) is 4.16. The summed E-state index contributed by atoms with van der Waals surface area (Å²) in [4.78, 5) is 12.6. The van der Waals surface area contributed by atoms with Gasteiger partial charge in [-0.15, -0.1) is 0 Å². The van der Waals surface area contributed by atoms with Gasteiger partial charge in [0.15, 0.2) is 0 Å². The van der Waals surface area contributed by atoms with Gasteiger partial charge >= 0.3 is 12.1 Å². The Labute approximate surface area is 150 Å². The van der Waals surface area contributed by atoms with Crippen molar-refractivity contribution in [2.75, 3.05) is 0 Å². The molecule has 0 aliphatic carbocycles. The Balaban J connectivity index is 2.11. The molecule has 0 saturated heterocycles. The Hall–Kier alpha value is -2.81. The molecular weight excluding hydrogens is 371 g/mol. The van der Waals surface area contributed by atoms with Crippen molar-refractivity contribution in [3.05, 3.63) is 71.8 Å². The van der Waals surface area contributed by atoms with E-state index in [9.17, 15) is 31.9 Å². The summed E-state index contributed by atoms with van der Waals surface area (Å²) < 4.78 is 67.4. The molecule has 3 rings (SSSR count). The fourth-order valence-corrected chi connectivity index (χ4v) is 2.72. The average Bonchev–Trinajstić information content (AvgIpc) is 3.01. The van der Waals surface area contributed by atoms with Crippen LogP contribution >= 0.6 is 0 Å². The van der Waals surface area contributed by atoms with Gasteiger partial charge in [-0.3, -0.25) is 4.79 Å². The van der Waals surface area contributed by atoms with Crippen LogP contribution in [0.15, 0.2) is 65.8 Å². The van der Waals surface area contributed by atoms with Crippen molar-refractivity contribution >= 4 is 11.6 Å². The van der Waals surface area contributed by atoms with Gasteiger partial charge in [0.1, 0.15) is 0 Å². The Morgan fingerprint density at radius 1 is 0.963 bits per heavy atom. The number of aliphatic hydroxyl groups is 1. The summed E-state index contributed by atoms with van der Waals surface area (Å²) in [5, 5.41) is 13.9. The number of halogens is 5. The summed E-state index contributed by atoms with van der Waals surface area (Å²) in [5.74, 6) is -6.88. The summed E-state index contributed by atoms with van der Waals surface area (Å²) in [6, 6.07) is 14.3. The van der Waals surface area contributed by atoms with E-state index in [2.05, 4.69) is 5.10 Å². The molecule has 0 radical (unpaired) electrons. The van der Waals surface area contributed by atoms with E-state index in [4.69, 9.17) is 0 Å². The van der Waals surface area contributed by atoms with Crippen molar-refractivity contribution in [2.45, 2.75) is 24.2 Å². The molecule has 0 bridgehead atoms. The fourth-order valence-electron chi connectivity index (χ4n) is 2.72. The first-order valence-corrected chi connectivity index (χ1v) is 7.77. The van der Waals surface area contributed by atoms with Crippen molar-refractivity contribution in [1.82, 2.24) is 5.01 Å². The quantitative estimate of drug-likeness (QED) is 0.818. The monoisotopic (exact) mass is 384 g/mol. The maximum absolute atomic E-state index is 14.2. The smallest absolute Gasteiger partial charge is 0.364 e. The molecule has 142 valence electrons. The molecule has 1 aliphatic heterocycles. The molecular formula is C18H13F5N2O2. The third kappa shape index (κ3) is 3.08. The first-order valence-electron chi connectivity index (χ1n) is 7.77. The van der Waals surface area contributed by atoms with Gasteiger partial charge in [0.25, 0.3) is 5.91 Å². The lowest BCUT2D eigenvalue weighted by Gasteiger charge is -2.38. The van der Waals surface area contributed by atoms with E-state index in [1.807, 2.05) is 0 Å². The molecule has 1 amide bonds. The van der Waals surface area contributed by atoms with Gasteiger partial charge in [-0.2, -0.15) is 32.1 Å². The van der Waals surface area contributed by atoms with Gasteiger partial charge in [0, 0.05) is 12.0 Å². The van der Waals surface area contributed by atoms with Gasteiger partial charge in [-0.05, 0) is 17.7 Å². The summed E-state index contributed by atoms with van der Waals surface area (Å²) >= 11 is 0. The van der Waals surface area contributed by atoms with E-state index < -0.39 is 30.2 Å². The number of alkyl halides is 5. The number of hydrogen-bond donors (Lipinski definition) is 1. The van der Waals surface area contributed by atoms with E-state index >= 15 is 0 Å². The molecule has 0 spiro atoms. The van der Waals surface area contributed by atoms with Crippen molar-refractivity contribution < 1.29 is 31.9 Å². The SMILES string of the molecule is O=C(c1ccccc1)N1N=C(c2ccccc2)C[C@]1(O)C(F)(F)C(F)(F)F. The molecule has 2 aromatic carbocycles. The summed E-state index contributed by atoms with van der Waals surface area (Å²) in [5.41, 5.74) is -4.11. The van der Waals surface area contributed by atoms with Gasteiger partial charge in [-0.25, -0.2) is 0 Å². The van der Waals surface area contributed by atoms with Gasteiger partial charge < -0.3 is 5.11 Å². The molecule has 2 aromatic rings. The second-order valence-electron chi connectivity index (χ2n) is 5.96. The number of hydrogen-bond acceptors (Lipinski definition) is 3. The second kappa shape index (κ2) is 6.41. The van der Waals surface area contributed by atoms with E-state index in [1.165, 1.54) is 54.6 Å². The number of carbonyl (C=O) groups excluding carboxylic acids is 1. The zero-order chi connectivity index (χ0) is 19.9. The predicted octanol–water partition coefficient (Wildman–Crippen LogP) is 3.82. The zero-order valence-corrected chi connectivity index (χ0v) is 13.6. The zero-order valence-electron chi connectivity index (χ0n) is 13.6. The molecule has 1 atom stereocenters. The first-order chi connectivity index (χ1) is 12.6. The van der Waals surface area contributed by atoms with Crippen LogP contribution < -0.4 is 0 Å². The highest BCUT2D eigenvalue weighted by atomic mass is 19.4.